The molecule has 1 saturated heterocycles. The quantitative estimate of drug-likeness (QED) is 0.544. The van der Waals surface area contributed by atoms with Gasteiger partial charge < -0.3 is 9.80 Å². The van der Waals surface area contributed by atoms with Gasteiger partial charge in [-0.2, -0.15) is 0 Å². The van der Waals surface area contributed by atoms with E-state index in [0.717, 1.165) is 15.9 Å². The van der Waals surface area contributed by atoms with Gasteiger partial charge >= 0.3 is 0 Å². The van der Waals surface area contributed by atoms with Crippen LogP contribution < -0.4 is 4.90 Å². The Hall–Kier alpha value is -3.32. The van der Waals surface area contributed by atoms with Crippen LogP contribution >= 0.6 is 15.9 Å². The highest BCUT2D eigenvalue weighted by molar-refractivity contribution is 9.10. The Bertz CT molecular complexity index is 1260. The molecular formula is C25H21BrN4O2. The molecule has 5 rings (SSSR count). The fraction of sp³-hybridized carbons (Fsp3) is 0.200. The molecule has 3 aromatic rings. The first kappa shape index (κ1) is 20.6. The van der Waals surface area contributed by atoms with Gasteiger partial charge in [0.1, 0.15) is 5.82 Å². The molecule has 6 nitrogen and oxygen atoms in total. The number of ketones is 2. The second-order valence-electron chi connectivity index (χ2n) is 7.90. The van der Waals surface area contributed by atoms with Crippen LogP contribution in [0.3, 0.4) is 0 Å². The lowest BCUT2D eigenvalue weighted by Crippen LogP contribution is -2.48. The van der Waals surface area contributed by atoms with Crippen molar-refractivity contribution in [1.29, 1.82) is 0 Å². The fourth-order valence-corrected chi connectivity index (χ4v) is 4.72. The Morgan fingerprint density at radius 1 is 0.844 bits per heavy atom. The normalized spacial score (nSPS) is 16.4. The highest BCUT2D eigenvalue weighted by Crippen LogP contribution is 2.29. The Labute approximate surface area is 194 Å². The van der Waals surface area contributed by atoms with Gasteiger partial charge in [-0.1, -0.05) is 52.3 Å². The van der Waals surface area contributed by atoms with Gasteiger partial charge in [-0.25, -0.2) is 9.97 Å². The molecule has 0 saturated carbocycles. The molecule has 0 amide bonds. The van der Waals surface area contributed by atoms with E-state index in [1.807, 2.05) is 35.2 Å². The number of carbonyl (C=O) groups is 2. The largest absolute Gasteiger partial charge is 0.364 e. The smallest absolute Gasteiger partial charge is 0.210 e. The molecule has 0 radical (unpaired) electrons. The monoisotopic (exact) mass is 488 g/mol. The number of Topliss-reactive ketones (excluding diaryl/α,β-unsaturated/α-hetero) is 2. The summed E-state index contributed by atoms with van der Waals surface area (Å²) in [7, 11) is 0. The molecular weight excluding hydrogens is 468 g/mol. The van der Waals surface area contributed by atoms with Crippen molar-refractivity contribution in [2.24, 2.45) is 0 Å². The van der Waals surface area contributed by atoms with Crippen molar-refractivity contribution in [2.45, 2.75) is 6.92 Å². The predicted octanol–water partition coefficient (Wildman–Crippen LogP) is 4.38. The minimum Gasteiger partial charge on any atom is -0.364 e. The number of rotatable bonds is 3. The van der Waals surface area contributed by atoms with Gasteiger partial charge in [0.25, 0.3) is 0 Å². The minimum absolute atomic E-state index is 0.0629. The average Bonchev–Trinajstić information content (AvgIpc) is 2.83. The van der Waals surface area contributed by atoms with E-state index in [2.05, 4.69) is 25.8 Å². The highest BCUT2D eigenvalue weighted by atomic mass is 79.9. The summed E-state index contributed by atoms with van der Waals surface area (Å²) in [4.78, 5) is 39.4. The van der Waals surface area contributed by atoms with Crippen LogP contribution in [0.2, 0.25) is 0 Å². The second-order valence-corrected chi connectivity index (χ2v) is 8.82. The summed E-state index contributed by atoms with van der Waals surface area (Å²) >= 11 is 3.50. The first-order valence-electron chi connectivity index (χ1n) is 10.5. The molecule has 0 unspecified atom stereocenters. The summed E-state index contributed by atoms with van der Waals surface area (Å²) < 4.78 is 0.981. The van der Waals surface area contributed by atoms with Gasteiger partial charge in [0, 0.05) is 59.1 Å². The van der Waals surface area contributed by atoms with Crippen LogP contribution in [0.1, 0.15) is 27.6 Å². The molecule has 0 bridgehead atoms. The van der Waals surface area contributed by atoms with Gasteiger partial charge in [0.05, 0.1) is 5.70 Å². The molecule has 1 aromatic heterocycles. The SMILES string of the molecule is CC1=C(N2CCN(c3ccnc(-c4cccc(Br)c4)n3)CC2)C(=O)c2ccccc2C1=O. The molecule has 2 heterocycles. The van der Waals surface area contributed by atoms with Crippen molar-refractivity contribution in [3.8, 4) is 11.4 Å². The number of nitrogens with zero attached hydrogens (tertiary/aromatic N) is 4. The standard InChI is InChI=1S/C25H21BrN4O2/c1-16-22(24(32)20-8-3-2-7-19(20)23(16)31)30-13-11-29(12-14-30)21-9-10-27-25(28-21)17-5-4-6-18(26)15-17/h2-10,15H,11-14H2,1H3. The average molecular weight is 489 g/mol. The molecule has 0 atom stereocenters. The van der Waals surface area contributed by atoms with Crippen LogP contribution in [-0.4, -0.2) is 52.6 Å². The maximum atomic E-state index is 13.2. The van der Waals surface area contributed by atoms with Gasteiger partial charge in [0.15, 0.2) is 11.6 Å². The number of hydrogen-bond acceptors (Lipinski definition) is 6. The van der Waals surface area contributed by atoms with Crippen molar-refractivity contribution in [1.82, 2.24) is 14.9 Å². The van der Waals surface area contributed by atoms with Crippen LogP contribution in [0.25, 0.3) is 11.4 Å². The van der Waals surface area contributed by atoms with Gasteiger partial charge in [-0.3, -0.25) is 9.59 Å². The zero-order valence-electron chi connectivity index (χ0n) is 17.6. The predicted molar refractivity (Wildman–Crippen MR) is 127 cm³/mol. The number of aromatic nitrogens is 2. The van der Waals surface area contributed by atoms with E-state index in [0.29, 0.717) is 54.4 Å². The third kappa shape index (κ3) is 3.62. The molecule has 1 fully saturated rings. The van der Waals surface area contributed by atoms with E-state index < -0.39 is 0 Å². The molecule has 0 spiro atoms. The zero-order valence-corrected chi connectivity index (χ0v) is 19.2. The van der Waals surface area contributed by atoms with Crippen molar-refractivity contribution >= 4 is 33.3 Å². The van der Waals surface area contributed by atoms with Gasteiger partial charge in [0.2, 0.25) is 5.78 Å². The molecule has 2 aliphatic rings. The molecule has 32 heavy (non-hydrogen) atoms. The number of piperazine rings is 1. The van der Waals surface area contributed by atoms with E-state index in [1.54, 1.807) is 37.4 Å². The summed E-state index contributed by atoms with van der Waals surface area (Å²) in [5.74, 6) is 1.41. The van der Waals surface area contributed by atoms with Crippen molar-refractivity contribution < 1.29 is 9.59 Å². The molecule has 1 aliphatic carbocycles. The van der Waals surface area contributed by atoms with Crippen molar-refractivity contribution in [3.05, 3.63) is 87.7 Å². The van der Waals surface area contributed by atoms with E-state index in [1.165, 1.54) is 0 Å². The molecule has 160 valence electrons. The second kappa shape index (κ2) is 8.31. The first-order valence-corrected chi connectivity index (χ1v) is 11.3. The molecule has 7 heteroatoms. The van der Waals surface area contributed by atoms with E-state index in [9.17, 15) is 9.59 Å². The molecule has 1 aliphatic heterocycles. The third-order valence-corrected chi connectivity index (χ3v) is 6.46. The minimum atomic E-state index is -0.0647. The summed E-state index contributed by atoms with van der Waals surface area (Å²) in [5.41, 5.74) is 3.01. The lowest BCUT2D eigenvalue weighted by atomic mass is 9.87. The van der Waals surface area contributed by atoms with Crippen molar-refractivity contribution in [2.75, 3.05) is 31.1 Å². The van der Waals surface area contributed by atoms with Crippen LogP contribution in [0.4, 0.5) is 5.82 Å². The van der Waals surface area contributed by atoms with Crippen LogP contribution in [-0.2, 0) is 0 Å². The summed E-state index contributed by atoms with van der Waals surface area (Å²) in [6.07, 6.45) is 1.78. The lowest BCUT2D eigenvalue weighted by molar-refractivity contribution is 0.0938. The number of hydrogen-bond donors (Lipinski definition) is 0. The first-order chi connectivity index (χ1) is 15.5. The topological polar surface area (TPSA) is 66.4 Å². The lowest BCUT2D eigenvalue weighted by Gasteiger charge is -2.39. The summed E-state index contributed by atoms with van der Waals surface area (Å²) in [5, 5.41) is 0. The van der Waals surface area contributed by atoms with Gasteiger partial charge in [-0.05, 0) is 25.1 Å². The third-order valence-electron chi connectivity index (χ3n) is 5.97. The molecule has 0 N–H and O–H groups in total. The number of halogens is 1. The number of allylic oxidation sites excluding steroid dienone is 2. The number of fused-ring (bicyclic) bond motifs is 1. The number of carbonyl (C=O) groups excluding carboxylic acids is 2. The van der Waals surface area contributed by atoms with Gasteiger partial charge in [-0.15, -0.1) is 0 Å². The fourth-order valence-electron chi connectivity index (χ4n) is 4.32. The zero-order chi connectivity index (χ0) is 22.2. The highest BCUT2D eigenvalue weighted by Gasteiger charge is 2.34. The Morgan fingerprint density at radius 2 is 1.53 bits per heavy atom. The van der Waals surface area contributed by atoms with E-state index in [-0.39, 0.29) is 11.6 Å². The maximum absolute atomic E-state index is 13.2. The Kier molecular flexibility index (Phi) is 5.35. The maximum Gasteiger partial charge on any atom is 0.210 e. The molecule has 2 aromatic carbocycles. The Balaban J connectivity index is 1.35. The van der Waals surface area contributed by atoms with E-state index in [4.69, 9.17) is 4.98 Å². The summed E-state index contributed by atoms with van der Waals surface area (Å²) in [6.45, 7) is 4.45. The van der Waals surface area contributed by atoms with Crippen LogP contribution in [0, 0.1) is 0 Å². The van der Waals surface area contributed by atoms with Crippen LogP contribution in [0.5, 0.6) is 0 Å². The summed E-state index contributed by atoms with van der Waals surface area (Å²) in [6, 6.07) is 16.9. The Morgan fingerprint density at radius 3 is 2.25 bits per heavy atom. The van der Waals surface area contributed by atoms with Crippen molar-refractivity contribution in [3.63, 3.8) is 0 Å². The van der Waals surface area contributed by atoms with Crippen LogP contribution in [0.15, 0.2) is 76.5 Å². The number of benzene rings is 2. The van der Waals surface area contributed by atoms with E-state index >= 15 is 0 Å². The number of anilines is 1.